The van der Waals surface area contributed by atoms with Crippen LogP contribution >= 0.6 is 0 Å². The summed E-state index contributed by atoms with van der Waals surface area (Å²) in [6.45, 7) is 7.44. The zero-order valence-corrected chi connectivity index (χ0v) is 14.0. The molecule has 0 radical (unpaired) electrons. The van der Waals surface area contributed by atoms with Gasteiger partial charge >= 0.3 is 0 Å². The average molecular weight is 327 g/mol. The summed E-state index contributed by atoms with van der Waals surface area (Å²) in [6, 6.07) is 0. The highest BCUT2D eigenvalue weighted by Crippen LogP contribution is 2.42. The Balaban J connectivity index is 1.47. The number of carbonyl (C=O) groups is 1. The monoisotopic (exact) mass is 327 g/mol. The lowest BCUT2D eigenvalue weighted by Crippen LogP contribution is -2.31. The molecule has 126 valence electrons. The fourth-order valence-corrected chi connectivity index (χ4v) is 3.95. The Morgan fingerprint density at radius 1 is 1.25 bits per heavy atom. The first-order chi connectivity index (χ1) is 11.6. The van der Waals surface area contributed by atoms with Crippen LogP contribution in [0.25, 0.3) is 0 Å². The third-order valence-electron chi connectivity index (χ3n) is 5.26. The van der Waals surface area contributed by atoms with Crippen LogP contribution in [0.15, 0.2) is 23.2 Å². The quantitative estimate of drug-likeness (QED) is 0.854. The number of anilines is 1. The van der Waals surface area contributed by atoms with E-state index in [9.17, 15) is 4.79 Å². The molecule has 0 aliphatic carbocycles. The Morgan fingerprint density at radius 3 is 2.75 bits per heavy atom. The molecule has 7 nitrogen and oxygen atoms in total. The van der Waals surface area contributed by atoms with Crippen molar-refractivity contribution in [2.24, 2.45) is 5.41 Å². The summed E-state index contributed by atoms with van der Waals surface area (Å²) in [5, 5.41) is 4.03. The van der Waals surface area contributed by atoms with Crippen LogP contribution in [0, 0.1) is 19.3 Å². The van der Waals surface area contributed by atoms with E-state index in [0.29, 0.717) is 6.42 Å². The van der Waals surface area contributed by atoms with E-state index in [-0.39, 0.29) is 11.3 Å². The van der Waals surface area contributed by atoms with E-state index < -0.39 is 0 Å². The smallest absolute Gasteiger partial charge is 0.227 e. The Labute approximate surface area is 140 Å². The molecule has 7 heteroatoms. The Hall–Kier alpha value is -2.28. The lowest BCUT2D eigenvalue weighted by Gasteiger charge is -2.24. The fraction of sp³-hybridized carbons (Fsp3) is 0.529. The van der Waals surface area contributed by atoms with Gasteiger partial charge in [-0.3, -0.25) is 9.69 Å². The van der Waals surface area contributed by atoms with Crippen LogP contribution < -0.4 is 4.90 Å². The third-order valence-corrected chi connectivity index (χ3v) is 5.26. The van der Waals surface area contributed by atoms with Crippen LogP contribution in [0.4, 0.5) is 5.69 Å². The van der Waals surface area contributed by atoms with Gasteiger partial charge in [0.25, 0.3) is 0 Å². The standard InChI is InChI=1S/C17H21N5O2/c1-12-15(13(2)24-20-12)8-21-4-3-17(9-21)5-16(23)22(10-17)14-6-18-11-19-7-14/h6-7,11H,3-5,8-10H2,1-2H3/t17-/m1/s1. The first-order valence-electron chi connectivity index (χ1n) is 8.26. The van der Waals surface area contributed by atoms with Crippen molar-refractivity contribution in [1.29, 1.82) is 0 Å². The van der Waals surface area contributed by atoms with Crippen molar-refractivity contribution in [3.8, 4) is 0 Å². The minimum Gasteiger partial charge on any atom is -0.361 e. The molecule has 2 saturated heterocycles. The molecule has 1 spiro atoms. The van der Waals surface area contributed by atoms with Crippen LogP contribution in [0.2, 0.25) is 0 Å². The van der Waals surface area contributed by atoms with Gasteiger partial charge in [-0.15, -0.1) is 0 Å². The second kappa shape index (κ2) is 5.66. The fourth-order valence-electron chi connectivity index (χ4n) is 3.95. The van der Waals surface area contributed by atoms with Gasteiger partial charge in [0.1, 0.15) is 12.1 Å². The number of amides is 1. The second-order valence-electron chi connectivity index (χ2n) is 7.02. The molecule has 0 N–H and O–H groups in total. The van der Waals surface area contributed by atoms with Crippen LogP contribution in [-0.4, -0.2) is 45.6 Å². The number of likely N-dealkylation sites (tertiary alicyclic amines) is 1. The van der Waals surface area contributed by atoms with Crippen LogP contribution in [0.5, 0.6) is 0 Å². The van der Waals surface area contributed by atoms with Crippen LogP contribution in [0.1, 0.15) is 29.9 Å². The molecule has 4 heterocycles. The summed E-state index contributed by atoms with van der Waals surface area (Å²) < 4.78 is 5.26. The molecule has 2 aromatic heterocycles. The predicted octanol–water partition coefficient (Wildman–Crippen LogP) is 1.71. The zero-order chi connectivity index (χ0) is 16.7. The van der Waals surface area contributed by atoms with Crippen molar-refractivity contribution in [1.82, 2.24) is 20.0 Å². The molecule has 0 saturated carbocycles. The normalized spacial score (nSPS) is 24.4. The number of aryl methyl sites for hydroxylation is 2. The molecule has 4 rings (SSSR count). The van der Waals surface area contributed by atoms with Gasteiger partial charge in [-0.05, 0) is 26.8 Å². The third kappa shape index (κ3) is 2.58. The summed E-state index contributed by atoms with van der Waals surface area (Å²) in [5.74, 6) is 1.06. The number of rotatable bonds is 3. The van der Waals surface area contributed by atoms with Crippen molar-refractivity contribution in [3.05, 3.63) is 35.7 Å². The highest BCUT2D eigenvalue weighted by atomic mass is 16.5. The van der Waals surface area contributed by atoms with E-state index in [2.05, 4.69) is 20.0 Å². The lowest BCUT2D eigenvalue weighted by atomic mass is 9.86. The van der Waals surface area contributed by atoms with Crippen molar-refractivity contribution in [2.45, 2.75) is 33.2 Å². The first kappa shape index (κ1) is 15.3. The maximum atomic E-state index is 12.5. The van der Waals surface area contributed by atoms with E-state index in [0.717, 1.165) is 49.7 Å². The molecule has 2 aromatic rings. The number of hydrogen-bond donors (Lipinski definition) is 0. The summed E-state index contributed by atoms with van der Waals surface area (Å²) in [7, 11) is 0. The highest BCUT2D eigenvalue weighted by Gasteiger charge is 2.47. The van der Waals surface area contributed by atoms with Gasteiger partial charge in [0.15, 0.2) is 0 Å². The van der Waals surface area contributed by atoms with Gasteiger partial charge in [-0.25, -0.2) is 9.97 Å². The van der Waals surface area contributed by atoms with Crippen molar-refractivity contribution >= 4 is 11.6 Å². The Bertz CT molecular complexity index is 740. The average Bonchev–Trinajstić information content (AvgIpc) is 3.22. The van der Waals surface area contributed by atoms with E-state index in [1.54, 1.807) is 12.4 Å². The highest BCUT2D eigenvalue weighted by molar-refractivity contribution is 5.96. The molecule has 2 aliphatic rings. The van der Waals surface area contributed by atoms with E-state index in [4.69, 9.17) is 4.52 Å². The Kier molecular flexibility index (Phi) is 3.60. The van der Waals surface area contributed by atoms with Gasteiger partial charge in [-0.1, -0.05) is 5.16 Å². The Morgan fingerprint density at radius 2 is 2.04 bits per heavy atom. The predicted molar refractivity (Wildman–Crippen MR) is 87.3 cm³/mol. The lowest BCUT2D eigenvalue weighted by molar-refractivity contribution is -0.117. The molecule has 0 aromatic carbocycles. The maximum absolute atomic E-state index is 12.5. The SMILES string of the molecule is Cc1noc(C)c1CN1CC[C@@]2(CC(=O)N(c3cncnc3)C2)C1. The first-order valence-corrected chi connectivity index (χ1v) is 8.26. The molecule has 2 fully saturated rings. The number of hydrogen-bond acceptors (Lipinski definition) is 6. The van der Waals surface area contributed by atoms with Gasteiger partial charge in [0.05, 0.1) is 23.8 Å². The summed E-state index contributed by atoms with van der Waals surface area (Å²) >= 11 is 0. The molecule has 1 atom stereocenters. The molecule has 1 amide bonds. The van der Waals surface area contributed by atoms with Crippen molar-refractivity contribution in [2.75, 3.05) is 24.5 Å². The van der Waals surface area contributed by atoms with E-state index in [1.165, 1.54) is 11.9 Å². The topological polar surface area (TPSA) is 75.4 Å². The maximum Gasteiger partial charge on any atom is 0.227 e. The number of aromatic nitrogens is 3. The minimum absolute atomic E-state index is 0.0336. The van der Waals surface area contributed by atoms with Crippen LogP contribution in [0.3, 0.4) is 0 Å². The van der Waals surface area contributed by atoms with Crippen LogP contribution in [-0.2, 0) is 11.3 Å². The zero-order valence-electron chi connectivity index (χ0n) is 14.0. The van der Waals surface area contributed by atoms with Crippen molar-refractivity contribution < 1.29 is 9.32 Å². The van der Waals surface area contributed by atoms with E-state index >= 15 is 0 Å². The molecular formula is C17H21N5O2. The van der Waals surface area contributed by atoms with Gasteiger partial charge in [0, 0.05) is 37.0 Å². The van der Waals surface area contributed by atoms with Gasteiger partial charge < -0.3 is 9.42 Å². The van der Waals surface area contributed by atoms with E-state index in [1.807, 2.05) is 18.7 Å². The van der Waals surface area contributed by atoms with Crippen molar-refractivity contribution in [3.63, 3.8) is 0 Å². The molecule has 24 heavy (non-hydrogen) atoms. The largest absolute Gasteiger partial charge is 0.361 e. The summed E-state index contributed by atoms with van der Waals surface area (Å²) in [6.07, 6.45) is 6.54. The summed E-state index contributed by atoms with van der Waals surface area (Å²) in [4.78, 5) is 24.8. The molecule has 0 bridgehead atoms. The number of nitrogens with zero attached hydrogens (tertiary/aromatic N) is 5. The molecule has 0 unspecified atom stereocenters. The van der Waals surface area contributed by atoms with Gasteiger partial charge in [0.2, 0.25) is 5.91 Å². The summed E-state index contributed by atoms with van der Waals surface area (Å²) in [5.41, 5.74) is 2.96. The second-order valence-corrected chi connectivity index (χ2v) is 7.02. The number of carbonyl (C=O) groups excluding carboxylic acids is 1. The molecule has 2 aliphatic heterocycles. The minimum atomic E-state index is 0.0336. The molecular weight excluding hydrogens is 306 g/mol. The van der Waals surface area contributed by atoms with Gasteiger partial charge in [-0.2, -0.15) is 0 Å².